The summed E-state index contributed by atoms with van der Waals surface area (Å²) in [6, 6.07) is 5.44. The highest BCUT2D eigenvalue weighted by atomic mass is 79.9. The molecule has 0 unspecified atom stereocenters. The lowest BCUT2D eigenvalue weighted by Gasteiger charge is -2.08. The number of esters is 1. The third-order valence-corrected chi connectivity index (χ3v) is 2.31. The molecule has 0 amide bonds. The van der Waals surface area contributed by atoms with Gasteiger partial charge in [0, 0.05) is 21.9 Å². The largest absolute Gasteiger partial charge is 0.468 e. The molecule has 0 aliphatic rings. The quantitative estimate of drug-likeness (QED) is 0.650. The van der Waals surface area contributed by atoms with E-state index in [0.29, 0.717) is 5.56 Å². The first-order valence-electron chi connectivity index (χ1n) is 4.28. The summed E-state index contributed by atoms with van der Waals surface area (Å²) in [5.74, 6) is -0.339. The molecule has 15 heavy (non-hydrogen) atoms. The van der Waals surface area contributed by atoms with Crippen LogP contribution in [0.25, 0.3) is 0 Å². The maximum absolute atomic E-state index is 10.9. The van der Waals surface area contributed by atoms with Gasteiger partial charge in [-0.1, -0.05) is 15.9 Å². The van der Waals surface area contributed by atoms with Gasteiger partial charge < -0.3 is 15.5 Å². The molecule has 1 aromatic carbocycles. The first-order chi connectivity index (χ1) is 7.17. The summed E-state index contributed by atoms with van der Waals surface area (Å²) in [6.45, 7) is 0.0962. The average molecular weight is 271 g/mol. The van der Waals surface area contributed by atoms with Gasteiger partial charge in [-0.3, -0.25) is 4.79 Å². The normalized spacial score (nSPS) is 9.47. The van der Waals surface area contributed by atoms with Gasteiger partial charge in [0.25, 0.3) is 0 Å². The fraction of sp³-hybridized carbons (Fsp3) is 0.200. The van der Waals surface area contributed by atoms with Gasteiger partial charge in [-0.25, -0.2) is 0 Å². The van der Waals surface area contributed by atoms with Crippen molar-refractivity contribution in [1.82, 2.24) is 0 Å². The molecule has 1 rings (SSSR count). The van der Waals surface area contributed by atoms with E-state index in [4.69, 9.17) is 5.41 Å². The number of rotatable bonds is 4. The summed E-state index contributed by atoms with van der Waals surface area (Å²) >= 11 is 3.31. The number of hydrogen-bond donors (Lipinski definition) is 2. The third-order valence-electron chi connectivity index (χ3n) is 1.82. The monoisotopic (exact) mass is 270 g/mol. The molecule has 4 nitrogen and oxygen atoms in total. The molecule has 80 valence electrons. The molecule has 0 bridgehead atoms. The molecule has 0 radical (unpaired) electrons. The minimum atomic E-state index is -0.339. The molecular formula is C10H11BrN2O2. The molecule has 0 saturated carbocycles. The Labute approximate surface area is 96.3 Å². The average Bonchev–Trinajstić information content (AvgIpc) is 2.26. The molecule has 0 spiro atoms. The molecule has 0 fully saturated rings. The van der Waals surface area contributed by atoms with Crippen LogP contribution in [0.1, 0.15) is 5.56 Å². The van der Waals surface area contributed by atoms with Crippen LogP contribution in [0.2, 0.25) is 0 Å². The van der Waals surface area contributed by atoms with Crippen molar-refractivity contribution in [2.45, 2.75) is 0 Å². The fourth-order valence-corrected chi connectivity index (χ4v) is 1.43. The van der Waals surface area contributed by atoms with Crippen molar-refractivity contribution >= 4 is 33.8 Å². The van der Waals surface area contributed by atoms with Crippen LogP contribution in [0.5, 0.6) is 0 Å². The topological polar surface area (TPSA) is 62.2 Å². The highest BCUT2D eigenvalue weighted by Gasteiger charge is 2.03. The fourth-order valence-electron chi connectivity index (χ4n) is 1.05. The number of halogens is 1. The van der Waals surface area contributed by atoms with E-state index in [1.807, 2.05) is 6.07 Å². The number of hydrogen-bond acceptors (Lipinski definition) is 4. The van der Waals surface area contributed by atoms with Crippen molar-refractivity contribution in [3.63, 3.8) is 0 Å². The van der Waals surface area contributed by atoms with Crippen LogP contribution >= 0.6 is 15.9 Å². The summed E-state index contributed by atoms with van der Waals surface area (Å²) in [5.41, 5.74) is 1.45. The molecular weight excluding hydrogens is 260 g/mol. The van der Waals surface area contributed by atoms with Crippen LogP contribution in [0.15, 0.2) is 22.7 Å². The van der Waals surface area contributed by atoms with E-state index in [9.17, 15) is 4.79 Å². The Hall–Kier alpha value is -1.36. The van der Waals surface area contributed by atoms with Crippen molar-refractivity contribution in [3.05, 3.63) is 28.2 Å². The Balaban J connectivity index is 2.76. The molecule has 0 aromatic heterocycles. The van der Waals surface area contributed by atoms with Crippen molar-refractivity contribution in [2.24, 2.45) is 0 Å². The predicted octanol–water partition coefficient (Wildman–Crippen LogP) is 2.03. The second-order valence-electron chi connectivity index (χ2n) is 2.81. The van der Waals surface area contributed by atoms with Gasteiger partial charge in [0.05, 0.1) is 7.11 Å². The van der Waals surface area contributed by atoms with E-state index in [2.05, 4.69) is 26.0 Å². The van der Waals surface area contributed by atoms with E-state index in [1.165, 1.54) is 13.3 Å². The zero-order valence-corrected chi connectivity index (χ0v) is 9.80. The Bertz CT molecular complexity index is 380. The van der Waals surface area contributed by atoms with E-state index >= 15 is 0 Å². The summed E-state index contributed by atoms with van der Waals surface area (Å²) in [5, 5.41) is 10.1. The standard InChI is InChI=1S/C10H11BrN2O2/c1-15-10(14)6-13-9-3-2-8(11)4-7(9)5-12/h2-5,12-13H,6H2,1H3. The lowest BCUT2D eigenvalue weighted by Crippen LogP contribution is -2.15. The molecule has 0 atom stereocenters. The van der Waals surface area contributed by atoms with Crippen LogP contribution < -0.4 is 5.32 Å². The number of anilines is 1. The lowest BCUT2D eigenvalue weighted by atomic mass is 10.2. The lowest BCUT2D eigenvalue weighted by molar-refractivity contribution is -0.138. The van der Waals surface area contributed by atoms with Crippen LogP contribution in [0, 0.1) is 5.41 Å². The summed E-state index contributed by atoms with van der Waals surface area (Å²) < 4.78 is 5.39. The zero-order valence-electron chi connectivity index (χ0n) is 8.21. The number of ether oxygens (including phenoxy) is 1. The maximum atomic E-state index is 10.9. The van der Waals surface area contributed by atoms with Gasteiger partial charge >= 0.3 is 5.97 Å². The Morgan fingerprint density at radius 2 is 2.40 bits per heavy atom. The number of carbonyl (C=O) groups excluding carboxylic acids is 1. The number of nitrogens with one attached hydrogen (secondary N) is 2. The van der Waals surface area contributed by atoms with Gasteiger partial charge in [0.2, 0.25) is 0 Å². The van der Waals surface area contributed by atoms with E-state index < -0.39 is 0 Å². The molecule has 1 aromatic rings. The highest BCUT2D eigenvalue weighted by molar-refractivity contribution is 9.10. The van der Waals surface area contributed by atoms with E-state index in [-0.39, 0.29) is 12.5 Å². The summed E-state index contributed by atoms with van der Waals surface area (Å²) in [7, 11) is 1.34. The molecule has 2 N–H and O–H groups in total. The van der Waals surface area contributed by atoms with E-state index in [1.54, 1.807) is 12.1 Å². The second-order valence-corrected chi connectivity index (χ2v) is 3.72. The first kappa shape index (κ1) is 11.7. The minimum absolute atomic E-state index is 0.0962. The first-order valence-corrected chi connectivity index (χ1v) is 5.07. The number of methoxy groups -OCH3 is 1. The van der Waals surface area contributed by atoms with E-state index in [0.717, 1.165) is 10.2 Å². The molecule has 0 aliphatic carbocycles. The van der Waals surface area contributed by atoms with Crippen LogP contribution in [0.4, 0.5) is 5.69 Å². The maximum Gasteiger partial charge on any atom is 0.325 e. The molecule has 0 saturated heterocycles. The van der Waals surface area contributed by atoms with Crippen molar-refractivity contribution < 1.29 is 9.53 Å². The minimum Gasteiger partial charge on any atom is -0.468 e. The van der Waals surface area contributed by atoms with Gasteiger partial charge in [0.1, 0.15) is 6.54 Å². The Morgan fingerprint density at radius 1 is 1.67 bits per heavy atom. The highest BCUT2D eigenvalue weighted by Crippen LogP contribution is 2.19. The summed E-state index contributed by atoms with van der Waals surface area (Å²) in [6.07, 6.45) is 1.23. The van der Waals surface area contributed by atoms with Gasteiger partial charge in [-0.2, -0.15) is 0 Å². The smallest absolute Gasteiger partial charge is 0.325 e. The van der Waals surface area contributed by atoms with Gasteiger partial charge in [-0.05, 0) is 18.2 Å². The van der Waals surface area contributed by atoms with Crippen LogP contribution in [-0.2, 0) is 9.53 Å². The Morgan fingerprint density at radius 3 is 3.00 bits per heavy atom. The SMILES string of the molecule is COC(=O)CNc1ccc(Br)cc1C=N. The van der Waals surface area contributed by atoms with Crippen LogP contribution in [0.3, 0.4) is 0 Å². The third kappa shape index (κ3) is 3.36. The Kier molecular flexibility index (Phi) is 4.30. The zero-order chi connectivity index (χ0) is 11.3. The van der Waals surface area contributed by atoms with Crippen molar-refractivity contribution in [2.75, 3.05) is 19.0 Å². The molecule has 0 heterocycles. The molecule has 5 heteroatoms. The summed E-state index contributed by atoms with van der Waals surface area (Å²) in [4.78, 5) is 10.9. The van der Waals surface area contributed by atoms with Crippen LogP contribution in [-0.4, -0.2) is 25.8 Å². The number of benzene rings is 1. The molecule has 0 aliphatic heterocycles. The number of carbonyl (C=O) groups is 1. The van der Waals surface area contributed by atoms with Gasteiger partial charge in [0.15, 0.2) is 0 Å². The second kappa shape index (κ2) is 5.50. The van der Waals surface area contributed by atoms with Gasteiger partial charge in [-0.15, -0.1) is 0 Å². The predicted molar refractivity (Wildman–Crippen MR) is 62.5 cm³/mol. The van der Waals surface area contributed by atoms with Crippen molar-refractivity contribution in [3.8, 4) is 0 Å². The van der Waals surface area contributed by atoms with Crippen molar-refractivity contribution in [1.29, 1.82) is 5.41 Å².